The van der Waals surface area contributed by atoms with Crippen LogP contribution in [-0.2, 0) is 0 Å². The third-order valence-electron chi connectivity index (χ3n) is 4.26. The predicted octanol–water partition coefficient (Wildman–Crippen LogP) is 4.08. The fourth-order valence-electron chi connectivity index (χ4n) is 2.66. The summed E-state index contributed by atoms with van der Waals surface area (Å²) in [5.41, 5.74) is 0.00165. The SMILES string of the molecule is C[C@H](c1n[nH]c(=O)c2c(F)cccc12)N(C)C(=O)Nc1ccc(F)c(Cl)c1. The van der Waals surface area contributed by atoms with Gasteiger partial charge in [0.2, 0.25) is 0 Å². The van der Waals surface area contributed by atoms with E-state index in [1.54, 1.807) is 13.0 Å². The third kappa shape index (κ3) is 3.61. The standard InChI is InChI=1S/C18H15ClF2N4O2/c1-9(16-11-4-3-5-14(21)15(11)17(26)24-23-16)25(2)18(27)22-10-6-7-13(20)12(19)8-10/h3-9H,1-2H3,(H,22,27)(H,24,26)/t9-/m1/s1. The first-order valence-corrected chi connectivity index (χ1v) is 8.33. The third-order valence-corrected chi connectivity index (χ3v) is 4.55. The van der Waals surface area contributed by atoms with E-state index in [2.05, 4.69) is 15.5 Å². The molecule has 0 aliphatic carbocycles. The molecule has 27 heavy (non-hydrogen) atoms. The van der Waals surface area contributed by atoms with Crippen molar-refractivity contribution in [3.05, 3.63) is 69.1 Å². The minimum absolute atomic E-state index is 0.117. The van der Waals surface area contributed by atoms with E-state index in [-0.39, 0.29) is 10.4 Å². The monoisotopic (exact) mass is 392 g/mol. The molecular weight excluding hydrogens is 378 g/mol. The number of aromatic nitrogens is 2. The Morgan fingerprint density at radius 3 is 2.70 bits per heavy atom. The first-order chi connectivity index (χ1) is 12.8. The summed E-state index contributed by atoms with van der Waals surface area (Å²) >= 11 is 5.71. The fourth-order valence-corrected chi connectivity index (χ4v) is 2.84. The normalized spacial score (nSPS) is 12.0. The summed E-state index contributed by atoms with van der Waals surface area (Å²) in [6.45, 7) is 1.68. The summed E-state index contributed by atoms with van der Waals surface area (Å²) in [7, 11) is 1.52. The molecule has 3 aromatic rings. The van der Waals surface area contributed by atoms with Gasteiger partial charge in [-0.15, -0.1) is 0 Å². The van der Waals surface area contributed by atoms with Gasteiger partial charge >= 0.3 is 6.03 Å². The number of benzene rings is 2. The highest BCUT2D eigenvalue weighted by Gasteiger charge is 2.22. The van der Waals surface area contributed by atoms with Gasteiger partial charge in [0.1, 0.15) is 11.6 Å². The van der Waals surface area contributed by atoms with Gasteiger partial charge in [-0.3, -0.25) is 4.79 Å². The number of urea groups is 1. The number of anilines is 1. The van der Waals surface area contributed by atoms with Crippen molar-refractivity contribution < 1.29 is 13.6 Å². The average molecular weight is 393 g/mol. The maximum atomic E-state index is 14.0. The average Bonchev–Trinajstić information content (AvgIpc) is 2.64. The minimum Gasteiger partial charge on any atom is -0.319 e. The summed E-state index contributed by atoms with van der Waals surface area (Å²) in [5, 5.41) is 8.92. The van der Waals surface area contributed by atoms with Crippen molar-refractivity contribution >= 4 is 34.1 Å². The second-order valence-electron chi connectivity index (χ2n) is 5.95. The van der Waals surface area contributed by atoms with E-state index in [1.807, 2.05) is 0 Å². The van der Waals surface area contributed by atoms with Crippen LogP contribution in [0.2, 0.25) is 5.02 Å². The molecule has 2 N–H and O–H groups in total. The summed E-state index contributed by atoms with van der Waals surface area (Å²) in [4.78, 5) is 25.7. The Morgan fingerprint density at radius 2 is 2.00 bits per heavy atom. The zero-order valence-electron chi connectivity index (χ0n) is 14.4. The second kappa shape index (κ2) is 7.32. The van der Waals surface area contributed by atoms with Crippen LogP contribution in [0.15, 0.2) is 41.2 Å². The van der Waals surface area contributed by atoms with Gasteiger partial charge in [0.15, 0.2) is 0 Å². The number of halogens is 3. The number of carbonyl (C=O) groups excluding carboxylic acids is 1. The molecule has 1 aromatic heterocycles. The largest absolute Gasteiger partial charge is 0.322 e. The van der Waals surface area contributed by atoms with Gasteiger partial charge in [-0.25, -0.2) is 18.7 Å². The molecule has 3 rings (SSSR count). The number of H-pyrrole nitrogens is 1. The van der Waals surface area contributed by atoms with Gasteiger partial charge in [-0.05, 0) is 31.2 Å². The molecule has 0 bridgehead atoms. The van der Waals surface area contributed by atoms with Crippen LogP contribution in [-0.4, -0.2) is 28.2 Å². The lowest BCUT2D eigenvalue weighted by atomic mass is 10.1. The Balaban J connectivity index is 1.90. The van der Waals surface area contributed by atoms with Gasteiger partial charge < -0.3 is 10.2 Å². The van der Waals surface area contributed by atoms with Crippen LogP contribution in [0.5, 0.6) is 0 Å². The van der Waals surface area contributed by atoms with Gasteiger partial charge in [-0.2, -0.15) is 5.10 Å². The molecule has 1 heterocycles. The summed E-state index contributed by atoms with van der Waals surface area (Å²) < 4.78 is 27.3. The topological polar surface area (TPSA) is 78.1 Å². The molecule has 0 aliphatic rings. The number of nitrogens with zero attached hydrogens (tertiary/aromatic N) is 2. The Hall–Kier alpha value is -3.00. The molecule has 0 radical (unpaired) electrons. The van der Waals surface area contributed by atoms with Crippen molar-refractivity contribution in [1.82, 2.24) is 15.1 Å². The first-order valence-electron chi connectivity index (χ1n) is 7.95. The highest BCUT2D eigenvalue weighted by Crippen LogP contribution is 2.25. The minimum atomic E-state index is -0.669. The van der Waals surface area contributed by atoms with Crippen molar-refractivity contribution in [2.45, 2.75) is 13.0 Å². The van der Waals surface area contributed by atoms with Crippen molar-refractivity contribution in [3.63, 3.8) is 0 Å². The molecule has 0 aliphatic heterocycles. The van der Waals surface area contributed by atoms with Crippen molar-refractivity contribution in [3.8, 4) is 0 Å². The van der Waals surface area contributed by atoms with Crippen LogP contribution in [0.4, 0.5) is 19.3 Å². The number of amides is 2. The number of fused-ring (bicyclic) bond motifs is 1. The van der Waals surface area contributed by atoms with E-state index >= 15 is 0 Å². The molecule has 1 atom stereocenters. The highest BCUT2D eigenvalue weighted by molar-refractivity contribution is 6.31. The van der Waals surface area contributed by atoms with Crippen LogP contribution in [0.1, 0.15) is 18.7 Å². The molecular formula is C18H15ClF2N4O2. The van der Waals surface area contributed by atoms with Gasteiger partial charge in [0, 0.05) is 18.1 Å². The van der Waals surface area contributed by atoms with E-state index < -0.39 is 29.3 Å². The number of rotatable bonds is 3. The zero-order valence-corrected chi connectivity index (χ0v) is 15.1. The molecule has 0 spiro atoms. The molecule has 0 saturated heterocycles. The summed E-state index contributed by atoms with van der Waals surface area (Å²) in [6, 6.07) is 6.91. The number of carbonyl (C=O) groups is 1. The van der Waals surface area contributed by atoms with Crippen LogP contribution in [0.3, 0.4) is 0 Å². The van der Waals surface area contributed by atoms with E-state index in [1.165, 1.54) is 36.2 Å². The van der Waals surface area contributed by atoms with Gasteiger partial charge in [-0.1, -0.05) is 23.7 Å². The molecule has 0 unspecified atom stereocenters. The summed E-state index contributed by atoms with van der Waals surface area (Å²) in [6.07, 6.45) is 0. The fraction of sp³-hybridized carbons (Fsp3) is 0.167. The lowest BCUT2D eigenvalue weighted by Gasteiger charge is -2.25. The molecule has 9 heteroatoms. The second-order valence-corrected chi connectivity index (χ2v) is 6.35. The van der Waals surface area contributed by atoms with Crippen LogP contribution >= 0.6 is 11.6 Å². The van der Waals surface area contributed by atoms with Crippen molar-refractivity contribution in [2.75, 3.05) is 12.4 Å². The lowest BCUT2D eigenvalue weighted by molar-refractivity contribution is 0.207. The first kappa shape index (κ1) is 18.8. The quantitative estimate of drug-likeness (QED) is 0.705. The molecule has 0 fully saturated rings. The molecule has 0 saturated carbocycles. The molecule has 2 amide bonds. The van der Waals surface area contributed by atoms with Gasteiger partial charge in [0.25, 0.3) is 5.56 Å². The van der Waals surface area contributed by atoms with Crippen molar-refractivity contribution in [1.29, 1.82) is 0 Å². The number of hydrogen-bond donors (Lipinski definition) is 2. The molecule has 2 aromatic carbocycles. The Kier molecular flexibility index (Phi) is 5.09. The number of aromatic amines is 1. The van der Waals surface area contributed by atoms with Crippen LogP contribution in [0.25, 0.3) is 10.8 Å². The van der Waals surface area contributed by atoms with Crippen LogP contribution < -0.4 is 10.9 Å². The maximum Gasteiger partial charge on any atom is 0.322 e. The summed E-state index contributed by atoms with van der Waals surface area (Å²) in [5.74, 6) is -1.26. The van der Waals surface area contributed by atoms with Crippen molar-refractivity contribution in [2.24, 2.45) is 0 Å². The Bertz CT molecular complexity index is 1090. The van der Waals surface area contributed by atoms with E-state index in [0.29, 0.717) is 16.8 Å². The predicted molar refractivity (Wildman–Crippen MR) is 98.9 cm³/mol. The number of nitrogens with one attached hydrogen (secondary N) is 2. The zero-order chi connectivity index (χ0) is 19.7. The highest BCUT2D eigenvalue weighted by atomic mass is 35.5. The number of hydrogen-bond acceptors (Lipinski definition) is 3. The Labute approximate surface area is 157 Å². The van der Waals surface area contributed by atoms with Crippen LogP contribution in [0, 0.1) is 11.6 Å². The van der Waals surface area contributed by atoms with E-state index in [9.17, 15) is 18.4 Å². The molecule has 140 valence electrons. The lowest BCUT2D eigenvalue weighted by Crippen LogP contribution is -2.34. The van der Waals surface area contributed by atoms with E-state index in [4.69, 9.17) is 11.6 Å². The maximum absolute atomic E-state index is 14.0. The molecule has 6 nitrogen and oxygen atoms in total. The van der Waals surface area contributed by atoms with E-state index in [0.717, 1.165) is 6.07 Å². The van der Waals surface area contributed by atoms with Gasteiger partial charge in [0.05, 0.1) is 22.1 Å². The Morgan fingerprint density at radius 1 is 1.26 bits per heavy atom. The smallest absolute Gasteiger partial charge is 0.319 e.